The predicted octanol–water partition coefficient (Wildman–Crippen LogP) is 1.78. The van der Waals surface area contributed by atoms with Crippen molar-refractivity contribution in [1.29, 1.82) is 5.26 Å². The lowest BCUT2D eigenvalue weighted by atomic mass is 10.1. The molecule has 1 rings (SSSR count). The van der Waals surface area contributed by atoms with E-state index in [9.17, 15) is 4.79 Å². The minimum Gasteiger partial charge on any atom is -0.481 e. The summed E-state index contributed by atoms with van der Waals surface area (Å²) in [7, 11) is 1.84. The minimum atomic E-state index is -0.807. The van der Waals surface area contributed by atoms with E-state index in [2.05, 4.69) is 6.07 Å². The fourth-order valence-electron chi connectivity index (χ4n) is 1.54. The third-order valence-electron chi connectivity index (χ3n) is 2.40. The molecule has 0 saturated carbocycles. The van der Waals surface area contributed by atoms with Crippen molar-refractivity contribution in [2.45, 2.75) is 13.3 Å². The maximum absolute atomic E-state index is 10.5. The van der Waals surface area contributed by atoms with Crippen molar-refractivity contribution in [1.82, 2.24) is 0 Å². The molecule has 0 aliphatic heterocycles. The van der Waals surface area contributed by atoms with Crippen LogP contribution in [0.5, 0.6) is 0 Å². The van der Waals surface area contributed by atoms with E-state index in [1.807, 2.05) is 24.9 Å². The Morgan fingerprint density at radius 3 is 2.75 bits per heavy atom. The van der Waals surface area contributed by atoms with Gasteiger partial charge in [0.15, 0.2) is 0 Å². The van der Waals surface area contributed by atoms with Crippen LogP contribution in [-0.4, -0.2) is 24.7 Å². The molecule has 84 valence electrons. The van der Waals surface area contributed by atoms with Crippen LogP contribution in [0.4, 0.5) is 5.69 Å². The quantitative estimate of drug-likeness (QED) is 0.836. The second kappa shape index (κ2) is 5.17. The Morgan fingerprint density at radius 1 is 1.56 bits per heavy atom. The fourth-order valence-corrected chi connectivity index (χ4v) is 1.54. The zero-order chi connectivity index (χ0) is 12.1. The minimum absolute atomic E-state index is 0.107. The van der Waals surface area contributed by atoms with Crippen molar-refractivity contribution >= 4 is 11.7 Å². The van der Waals surface area contributed by atoms with E-state index in [0.29, 0.717) is 12.1 Å². The highest BCUT2D eigenvalue weighted by molar-refractivity contribution is 5.68. The molecule has 0 unspecified atom stereocenters. The smallest absolute Gasteiger partial charge is 0.305 e. The van der Waals surface area contributed by atoms with E-state index in [-0.39, 0.29) is 6.42 Å². The Bertz CT molecular complexity index is 435. The molecule has 0 aromatic heterocycles. The maximum Gasteiger partial charge on any atom is 0.305 e. The van der Waals surface area contributed by atoms with Crippen molar-refractivity contribution in [2.24, 2.45) is 0 Å². The van der Waals surface area contributed by atoms with Gasteiger partial charge in [0.1, 0.15) is 0 Å². The zero-order valence-corrected chi connectivity index (χ0v) is 9.40. The molecule has 1 aromatic carbocycles. The van der Waals surface area contributed by atoms with Crippen LogP contribution in [0.25, 0.3) is 0 Å². The Kier molecular flexibility index (Phi) is 3.90. The Labute approximate surface area is 94.7 Å². The molecule has 0 atom stereocenters. The molecular weight excluding hydrogens is 204 g/mol. The van der Waals surface area contributed by atoms with Gasteiger partial charge >= 0.3 is 5.97 Å². The Morgan fingerprint density at radius 2 is 2.25 bits per heavy atom. The number of benzene rings is 1. The number of carbonyl (C=O) groups is 1. The summed E-state index contributed by atoms with van der Waals surface area (Å²) < 4.78 is 0. The van der Waals surface area contributed by atoms with Crippen molar-refractivity contribution in [2.75, 3.05) is 18.5 Å². The van der Waals surface area contributed by atoms with E-state index >= 15 is 0 Å². The van der Waals surface area contributed by atoms with Crippen LogP contribution in [-0.2, 0) is 4.79 Å². The van der Waals surface area contributed by atoms with Crippen LogP contribution in [0.15, 0.2) is 18.2 Å². The first-order valence-corrected chi connectivity index (χ1v) is 4.98. The zero-order valence-electron chi connectivity index (χ0n) is 9.40. The molecule has 0 amide bonds. The molecule has 0 aliphatic rings. The summed E-state index contributed by atoms with van der Waals surface area (Å²) in [4.78, 5) is 12.3. The first-order chi connectivity index (χ1) is 7.54. The number of aliphatic carboxylic acids is 1. The lowest BCUT2D eigenvalue weighted by molar-refractivity contribution is -0.136. The number of anilines is 1. The van der Waals surface area contributed by atoms with Gasteiger partial charge in [-0.25, -0.2) is 0 Å². The van der Waals surface area contributed by atoms with Gasteiger partial charge in [0.2, 0.25) is 0 Å². The molecule has 0 heterocycles. The summed E-state index contributed by atoms with van der Waals surface area (Å²) in [6.07, 6.45) is 0.107. The fraction of sp³-hybridized carbons (Fsp3) is 0.333. The lowest BCUT2D eigenvalue weighted by Gasteiger charge is -2.20. The number of nitrogens with zero attached hydrogens (tertiary/aromatic N) is 2. The monoisotopic (exact) mass is 218 g/mol. The van der Waals surface area contributed by atoms with Crippen LogP contribution < -0.4 is 4.90 Å². The van der Waals surface area contributed by atoms with Gasteiger partial charge in [-0.05, 0) is 30.7 Å². The average molecular weight is 218 g/mol. The lowest BCUT2D eigenvalue weighted by Crippen LogP contribution is -2.21. The Balaban J connectivity index is 2.80. The van der Waals surface area contributed by atoms with Crippen molar-refractivity contribution in [3.05, 3.63) is 29.3 Å². The van der Waals surface area contributed by atoms with E-state index in [1.165, 1.54) is 0 Å². The van der Waals surface area contributed by atoms with Crippen LogP contribution >= 0.6 is 0 Å². The highest BCUT2D eigenvalue weighted by atomic mass is 16.4. The number of aryl methyl sites for hydroxylation is 1. The summed E-state index contributed by atoms with van der Waals surface area (Å²) in [6.45, 7) is 2.37. The molecule has 0 saturated heterocycles. The highest BCUT2D eigenvalue weighted by Gasteiger charge is 2.07. The number of nitriles is 1. The van der Waals surface area contributed by atoms with E-state index < -0.39 is 5.97 Å². The molecular formula is C12H14N2O2. The van der Waals surface area contributed by atoms with Crippen LogP contribution in [0, 0.1) is 18.3 Å². The van der Waals surface area contributed by atoms with Crippen molar-refractivity contribution in [3.63, 3.8) is 0 Å². The standard InChI is InChI=1S/C12H14N2O2/c1-9-7-10(8-13)3-4-11(9)14(2)6-5-12(15)16/h3-4,7H,5-6H2,1-2H3,(H,15,16). The molecule has 0 bridgehead atoms. The number of hydrogen-bond acceptors (Lipinski definition) is 3. The number of carboxylic acids is 1. The molecule has 4 heteroatoms. The Hall–Kier alpha value is -2.02. The number of hydrogen-bond donors (Lipinski definition) is 1. The second-order valence-corrected chi connectivity index (χ2v) is 3.68. The van der Waals surface area contributed by atoms with E-state index in [0.717, 1.165) is 11.3 Å². The van der Waals surface area contributed by atoms with Crippen LogP contribution in [0.1, 0.15) is 17.5 Å². The van der Waals surface area contributed by atoms with E-state index in [4.69, 9.17) is 10.4 Å². The van der Waals surface area contributed by atoms with Gasteiger partial charge < -0.3 is 10.0 Å². The van der Waals surface area contributed by atoms with E-state index in [1.54, 1.807) is 12.1 Å². The number of rotatable bonds is 4. The van der Waals surface area contributed by atoms with Crippen molar-refractivity contribution < 1.29 is 9.90 Å². The summed E-state index contributed by atoms with van der Waals surface area (Å²) in [5, 5.41) is 17.3. The van der Waals surface area contributed by atoms with Gasteiger partial charge in [0.25, 0.3) is 0 Å². The van der Waals surface area contributed by atoms with Gasteiger partial charge in [-0.3, -0.25) is 4.79 Å². The first kappa shape index (κ1) is 12.1. The molecule has 1 aromatic rings. The third-order valence-corrected chi connectivity index (χ3v) is 2.40. The SMILES string of the molecule is Cc1cc(C#N)ccc1N(C)CCC(=O)O. The summed E-state index contributed by atoms with van der Waals surface area (Å²) >= 11 is 0. The summed E-state index contributed by atoms with van der Waals surface area (Å²) in [5.41, 5.74) is 2.56. The molecule has 0 spiro atoms. The largest absolute Gasteiger partial charge is 0.481 e. The first-order valence-electron chi connectivity index (χ1n) is 4.98. The molecule has 16 heavy (non-hydrogen) atoms. The van der Waals surface area contributed by atoms with Gasteiger partial charge in [0.05, 0.1) is 18.1 Å². The molecule has 0 radical (unpaired) electrons. The number of carboxylic acid groups (broad SMARTS) is 1. The molecule has 0 aliphatic carbocycles. The highest BCUT2D eigenvalue weighted by Crippen LogP contribution is 2.19. The van der Waals surface area contributed by atoms with Gasteiger partial charge in [-0.1, -0.05) is 0 Å². The topological polar surface area (TPSA) is 64.3 Å². The van der Waals surface area contributed by atoms with Crippen LogP contribution in [0.2, 0.25) is 0 Å². The van der Waals surface area contributed by atoms with Gasteiger partial charge in [0, 0.05) is 19.3 Å². The average Bonchev–Trinajstić information content (AvgIpc) is 2.25. The normalized spacial score (nSPS) is 9.56. The maximum atomic E-state index is 10.5. The van der Waals surface area contributed by atoms with Crippen molar-refractivity contribution in [3.8, 4) is 6.07 Å². The third kappa shape index (κ3) is 2.99. The van der Waals surface area contributed by atoms with Gasteiger partial charge in [-0.2, -0.15) is 5.26 Å². The van der Waals surface area contributed by atoms with Gasteiger partial charge in [-0.15, -0.1) is 0 Å². The summed E-state index contributed by atoms with van der Waals surface area (Å²) in [5.74, 6) is -0.807. The predicted molar refractivity (Wildman–Crippen MR) is 61.4 cm³/mol. The second-order valence-electron chi connectivity index (χ2n) is 3.68. The molecule has 0 fully saturated rings. The molecule has 1 N–H and O–H groups in total. The van der Waals surface area contributed by atoms with Crippen LogP contribution in [0.3, 0.4) is 0 Å². The summed E-state index contributed by atoms with van der Waals surface area (Å²) in [6, 6.07) is 7.45. The molecule has 4 nitrogen and oxygen atoms in total.